The number of benzene rings is 1. The van der Waals surface area contributed by atoms with E-state index in [1.165, 1.54) is 0 Å². The first-order valence-electron chi connectivity index (χ1n) is 3.20. The van der Waals surface area contributed by atoms with Gasteiger partial charge in [0.1, 0.15) is 0 Å². The molecule has 0 aliphatic heterocycles. The summed E-state index contributed by atoms with van der Waals surface area (Å²) in [4.78, 5) is 4.59. The standard InChI is InChI=1S/C8H9NOS/c1-6-2-3-8(10-9)7(4-6)5-11/h2-5H,9H2,1H3. The third-order valence-corrected chi connectivity index (χ3v) is 1.67. The lowest BCUT2D eigenvalue weighted by Gasteiger charge is -2.02. The van der Waals surface area contributed by atoms with Crippen LogP contribution in [-0.4, -0.2) is 5.37 Å². The van der Waals surface area contributed by atoms with Crippen LogP contribution >= 0.6 is 12.2 Å². The number of hydrogen-bond donors (Lipinski definition) is 1. The molecule has 0 aromatic heterocycles. The number of rotatable bonds is 2. The van der Waals surface area contributed by atoms with Crippen LogP contribution in [0.25, 0.3) is 0 Å². The smallest absolute Gasteiger partial charge is 0.154 e. The number of hydrogen-bond acceptors (Lipinski definition) is 3. The van der Waals surface area contributed by atoms with Crippen molar-refractivity contribution in [1.82, 2.24) is 0 Å². The van der Waals surface area contributed by atoms with E-state index in [1.807, 2.05) is 19.1 Å². The lowest BCUT2D eigenvalue weighted by Crippen LogP contribution is -2.04. The third kappa shape index (κ3) is 1.76. The summed E-state index contributed by atoms with van der Waals surface area (Å²) >= 11 is 4.77. The zero-order valence-corrected chi connectivity index (χ0v) is 7.02. The molecule has 0 bridgehead atoms. The molecule has 0 heterocycles. The highest BCUT2D eigenvalue weighted by Crippen LogP contribution is 2.16. The van der Waals surface area contributed by atoms with Crippen LogP contribution < -0.4 is 10.7 Å². The van der Waals surface area contributed by atoms with Crippen molar-refractivity contribution in [3.8, 4) is 5.75 Å². The Morgan fingerprint density at radius 1 is 1.55 bits per heavy atom. The molecule has 0 fully saturated rings. The van der Waals surface area contributed by atoms with Gasteiger partial charge in [0, 0.05) is 10.9 Å². The van der Waals surface area contributed by atoms with E-state index in [1.54, 1.807) is 11.4 Å². The van der Waals surface area contributed by atoms with Gasteiger partial charge in [-0.05, 0) is 19.1 Å². The van der Waals surface area contributed by atoms with Crippen molar-refractivity contribution >= 4 is 17.6 Å². The fourth-order valence-electron chi connectivity index (χ4n) is 0.867. The molecule has 0 radical (unpaired) electrons. The average molecular weight is 167 g/mol. The van der Waals surface area contributed by atoms with Crippen molar-refractivity contribution in [3.05, 3.63) is 29.3 Å². The van der Waals surface area contributed by atoms with E-state index < -0.39 is 0 Å². The Labute approximate surface area is 70.9 Å². The van der Waals surface area contributed by atoms with Crippen molar-refractivity contribution in [2.75, 3.05) is 0 Å². The van der Waals surface area contributed by atoms with Gasteiger partial charge in [0.25, 0.3) is 0 Å². The Bertz CT molecular complexity index is 273. The molecule has 1 rings (SSSR count). The summed E-state index contributed by atoms with van der Waals surface area (Å²) in [6, 6.07) is 5.65. The molecule has 0 aliphatic carbocycles. The minimum atomic E-state index is 0.616. The summed E-state index contributed by atoms with van der Waals surface area (Å²) in [6.07, 6.45) is 0. The van der Waals surface area contributed by atoms with Gasteiger partial charge in [-0.15, -0.1) is 0 Å². The highest BCUT2D eigenvalue weighted by molar-refractivity contribution is 7.79. The fraction of sp³-hybridized carbons (Fsp3) is 0.125. The molecule has 1 aromatic carbocycles. The fourth-order valence-corrected chi connectivity index (χ4v) is 1.05. The van der Waals surface area contributed by atoms with E-state index in [9.17, 15) is 0 Å². The van der Waals surface area contributed by atoms with E-state index in [2.05, 4.69) is 4.84 Å². The molecule has 11 heavy (non-hydrogen) atoms. The van der Waals surface area contributed by atoms with Crippen LogP contribution in [0.4, 0.5) is 0 Å². The van der Waals surface area contributed by atoms with Gasteiger partial charge in [-0.1, -0.05) is 23.8 Å². The molecule has 1 aromatic rings. The topological polar surface area (TPSA) is 35.2 Å². The molecule has 3 heteroatoms. The molecule has 0 amide bonds. The van der Waals surface area contributed by atoms with Crippen molar-refractivity contribution in [3.63, 3.8) is 0 Å². The largest absolute Gasteiger partial charge is 0.411 e. The Kier molecular flexibility index (Phi) is 2.57. The first-order chi connectivity index (χ1) is 5.27. The molecular formula is C8H9NOS. The Morgan fingerprint density at radius 3 is 2.82 bits per heavy atom. The molecule has 0 saturated heterocycles. The van der Waals surface area contributed by atoms with Gasteiger partial charge in [-0.3, -0.25) is 0 Å². The molecule has 58 valence electrons. The summed E-state index contributed by atoms with van der Waals surface area (Å²) in [7, 11) is 0. The molecule has 2 N–H and O–H groups in total. The highest BCUT2D eigenvalue weighted by atomic mass is 32.1. The maximum atomic E-state index is 5.01. The van der Waals surface area contributed by atoms with Crippen molar-refractivity contribution in [2.45, 2.75) is 6.92 Å². The van der Waals surface area contributed by atoms with Gasteiger partial charge in [-0.25, -0.2) is 0 Å². The highest BCUT2D eigenvalue weighted by Gasteiger charge is 1.98. The van der Waals surface area contributed by atoms with Gasteiger partial charge in [0.05, 0.1) is 0 Å². The Balaban J connectivity index is 3.16. The quantitative estimate of drug-likeness (QED) is 0.536. The van der Waals surface area contributed by atoms with Crippen LogP contribution in [0.15, 0.2) is 18.2 Å². The van der Waals surface area contributed by atoms with Crippen molar-refractivity contribution in [2.24, 2.45) is 5.90 Å². The molecule has 0 atom stereocenters. The zero-order chi connectivity index (χ0) is 8.27. The van der Waals surface area contributed by atoms with Gasteiger partial charge in [0.15, 0.2) is 5.75 Å². The Hall–Kier alpha value is -0.930. The predicted octanol–water partition coefficient (Wildman–Crippen LogP) is 1.60. The minimum Gasteiger partial charge on any atom is -0.411 e. The van der Waals surface area contributed by atoms with Crippen LogP contribution in [0, 0.1) is 6.92 Å². The lowest BCUT2D eigenvalue weighted by atomic mass is 10.1. The summed E-state index contributed by atoms with van der Waals surface area (Å²) in [5.74, 6) is 5.63. The summed E-state index contributed by atoms with van der Waals surface area (Å²) in [5, 5.41) is 1.55. The summed E-state index contributed by atoms with van der Waals surface area (Å²) in [5.41, 5.74) is 1.99. The van der Waals surface area contributed by atoms with Crippen LogP contribution in [0.2, 0.25) is 0 Å². The Morgan fingerprint density at radius 2 is 2.27 bits per heavy atom. The van der Waals surface area contributed by atoms with Gasteiger partial charge in [-0.2, -0.15) is 5.90 Å². The van der Waals surface area contributed by atoms with E-state index in [-0.39, 0.29) is 0 Å². The van der Waals surface area contributed by atoms with Crippen molar-refractivity contribution in [1.29, 1.82) is 0 Å². The molecule has 2 nitrogen and oxygen atoms in total. The SMILES string of the molecule is Cc1ccc(ON)c(C=S)c1. The van der Waals surface area contributed by atoms with E-state index in [0.29, 0.717) is 5.75 Å². The normalized spacial score (nSPS) is 9.27. The molecule has 0 saturated carbocycles. The van der Waals surface area contributed by atoms with Crippen LogP contribution in [0.3, 0.4) is 0 Å². The molecular weight excluding hydrogens is 158 g/mol. The van der Waals surface area contributed by atoms with Gasteiger partial charge < -0.3 is 4.84 Å². The second-order valence-corrected chi connectivity index (χ2v) is 2.51. The zero-order valence-electron chi connectivity index (χ0n) is 6.20. The molecule has 0 unspecified atom stereocenters. The first-order valence-corrected chi connectivity index (χ1v) is 3.67. The van der Waals surface area contributed by atoms with Crippen molar-refractivity contribution < 1.29 is 4.84 Å². The maximum Gasteiger partial charge on any atom is 0.154 e. The third-order valence-electron chi connectivity index (χ3n) is 1.42. The van der Waals surface area contributed by atoms with Gasteiger partial charge in [0.2, 0.25) is 0 Å². The molecule has 0 aliphatic rings. The van der Waals surface area contributed by atoms with Crippen LogP contribution in [-0.2, 0) is 0 Å². The minimum absolute atomic E-state index is 0.616. The van der Waals surface area contributed by atoms with Crippen LogP contribution in [0.1, 0.15) is 11.1 Å². The monoisotopic (exact) mass is 167 g/mol. The van der Waals surface area contributed by atoms with E-state index in [0.717, 1.165) is 11.1 Å². The molecule has 0 spiro atoms. The van der Waals surface area contributed by atoms with Crippen LogP contribution in [0.5, 0.6) is 5.75 Å². The van der Waals surface area contributed by atoms with E-state index >= 15 is 0 Å². The predicted molar refractivity (Wildman–Crippen MR) is 48.8 cm³/mol. The second kappa shape index (κ2) is 3.46. The number of thiocarbonyl (C=S) groups is 1. The average Bonchev–Trinajstić information content (AvgIpc) is 2.04. The summed E-state index contributed by atoms with van der Waals surface area (Å²) < 4.78 is 0. The maximum absolute atomic E-state index is 5.01. The second-order valence-electron chi connectivity index (χ2n) is 2.28. The van der Waals surface area contributed by atoms with E-state index in [4.69, 9.17) is 18.1 Å². The van der Waals surface area contributed by atoms with Gasteiger partial charge >= 0.3 is 0 Å². The first kappa shape index (κ1) is 8.17. The lowest BCUT2D eigenvalue weighted by molar-refractivity contribution is 0.334. The number of nitrogens with two attached hydrogens (primary N) is 1. The summed E-state index contributed by atoms with van der Waals surface area (Å²) in [6.45, 7) is 1.99. The number of aryl methyl sites for hydroxylation is 1.